The Labute approximate surface area is 129 Å². The molecule has 0 unspecified atom stereocenters. The first kappa shape index (κ1) is 15.5. The van der Waals surface area contributed by atoms with Crippen LogP contribution in [0.1, 0.15) is 32.0 Å². The van der Waals surface area contributed by atoms with Crippen LogP contribution in [0.25, 0.3) is 0 Å². The minimum atomic E-state index is -0.502. The standard InChI is InChI=1S/C16H20N2O2S/c1-16(2,3)20-15(19)18-14-17-13(11-21-14)10-9-12-7-5-4-6-8-12/h4-8,11H,9-10H2,1-3H3,(H,17,18,19). The number of hydrogen-bond acceptors (Lipinski definition) is 4. The van der Waals surface area contributed by atoms with Gasteiger partial charge < -0.3 is 4.74 Å². The van der Waals surface area contributed by atoms with E-state index < -0.39 is 11.7 Å². The van der Waals surface area contributed by atoms with Crippen molar-refractivity contribution in [3.63, 3.8) is 0 Å². The highest BCUT2D eigenvalue weighted by Crippen LogP contribution is 2.18. The molecule has 0 fully saturated rings. The maximum absolute atomic E-state index is 11.7. The monoisotopic (exact) mass is 304 g/mol. The normalized spacial score (nSPS) is 11.2. The maximum atomic E-state index is 11.7. The van der Waals surface area contributed by atoms with E-state index in [0.717, 1.165) is 18.5 Å². The summed E-state index contributed by atoms with van der Waals surface area (Å²) < 4.78 is 5.20. The molecular formula is C16H20N2O2S. The molecule has 0 saturated carbocycles. The van der Waals surface area contributed by atoms with Crippen LogP contribution in [0.2, 0.25) is 0 Å². The highest BCUT2D eigenvalue weighted by molar-refractivity contribution is 7.13. The van der Waals surface area contributed by atoms with Gasteiger partial charge in [0.05, 0.1) is 5.69 Å². The topological polar surface area (TPSA) is 51.2 Å². The lowest BCUT2D eigenvalue weighted by Crippen LogP contribution is -2.27. The number of nitrogens with zero attached hydrogens (tertiary/aromatic N) is 1. The number of nitrogens with one attached hydrogen (secondary N) is 1. The van der Waals surface area contributed by atoms with Crippen LogP contribution in [-0.4, -0.2) is 16.7 Å². The van der Waals surface area contributed by atoms with Crippen molar-refractivity contribution in [1.29, 1.82) is 0 Å². The number of anilines is 1. The Morgan fingerprint density at radius 1 is 1.24 bits per heavy atom. The minimum Gasteiger partial charge on any atom is -0.444 e. The van der Waals surface area contributed by atoms with Gasteiger partial charge in [0.15, 0.2) is 5.13 Å². The second-order valence-corrected chi connectivity index (χ2v) is 6.61. The first-order valence-electron chi connectivity index (χ1n) is 6.91. The zero-order valence-corrected chi connectivity index (χ0v) is 13.4. The van der Waals surface area contributed by atoms with Gasteiger partial charge in [-0.1, -0.05) is 30.3 Å². The predicted molar refractivity (Wildman–Crippen MR) is 85.8 cm³/mol. The Morgan fingerprint density at radius 3 is 2.62 bits per heavy atom. The van der Waals surface area contributed by atoms with E-state index in [0.29, 0.717) is 5.13 Å². The van der Waals surface area contributed by atoms with E-state index in [-0.39, 0.29) is 0 Å². The van der Waals surface area contributed by atoms with Crippen molar-refractivity contribution in [1.82, 2.24) is 4.98 Å². The second-order valence-electron chi connectivity index (χ2n) is 5.76. The molecule has 1 heterocycles. The Morgan fingerprint density at radius 2 is 1.95 bits per heavy atom. The summed E-state index contributed by atoms with van der Waals surface area (Å²) >= 11 is 1.42. The molecule has 2 aromatic rings. The van der Waals surface area contributed by atoms with Crippen LogP contribution >= 0.6 is 11.3 Å². The molecule has 1 aromatic heterocycles. The van der Waals surface area contributed by atoms with Crippen LogP contribution in [-0.2, 0) is 17.6 Å². The van der Waals surface area contributed by atoms with Crippen molar-refractivity contribution >= 4 is 22.6 Å². The Bertz CT molecular complexity index is 588. The lowest BCUT2D eigenvalue weighted by Gasteiger charge is -2.18. The maximum Gasteiger partial charge on any atom is 0.413 e. The smallest absolute Gasteiger partial charge is 0.413 e. The van der Waals surface area contributed by atoms with E-state index in [4.69, 9.17) is 4.74 Å². The predicted octanol–water partition coefficient (Wildman–Crippen LogP) is 4.28. The minimum absolute atomic E-state index is 0.466. The Kier molecular flexibility index (Phi) is 4.96. The van der Waals surface area contributed by atoms with Gasteiger partial charge in [0.2, 0.25) is 0 Å². The van der Waals surface area contributed by atoms with Gasteiger partial charge in [-0.05, 0) is 39.2 Å². The molecular weight excluding hydrogens is 284 g/mol. The molecule has 1 N–H and O–H groups in total. The SMILES string of the molecule is CC(C)(C)OC(=O)Nc1nc(CCc2ccccc2)cs1. The van der Waals surface area contributed by atoms with Gasteiger partial charge in [0, 0.05) is 5.38 Å². The Hall–Kier alpha value is -1.88. The zero-order chi connectivity index (χ0) is 15.3. The molecule has 0 aliphatic rings. The summed E-state index contributed by atoms with van der Waals surface area (Å²) in [5, 5.41) is 5.21. The van der Waals surface area contributed by atoms with Gasteiger partial charge in [-0.3, -0.25) is 5.32 Å². The summed E-state index contributed by atoms with van der Waals surface area (Å²) in [5.74, 6) is 0. The number of hydrogen-bond donors (Lipinski definition) is 1. The number of ether oxygens (including phenoxy) is 1. The van der Waals surface area contributed by atoms with E-state index >= 15 is 0 Å². The number of amides is 1. The molecule has 0 bridgehead atoms. The zero-order valence-electron chi connectivity index (χ0n) is 12.6. The number of carbonyl (C=O) groups excluding carboxylic acids is 1. The van der Waals surface area contributed by atoms with Crippen LogP contribution < -0.4 is 5.32 Å². The average molecular weight is 304 g/mol. The largest absolute Gasteiger partial charge is 0.444 e. The van der Waals surface area contributed by atoms with Crippen molar-refractivity contribution in [3.8, 4) is 0 Å². The van der Waals surface area contributed by atoms with E-state index in [9.17, 15) is 4.79 Å². The summed E-state index contributed by atoms with van der Waals surface area (Å²) in [4.78, 5) is 16.1. The van der Waals surface area contributed by atoms with Gasteiger partial charge >= 0.3 is 6.09 Å². The fraction of sp³-hybridized carbons (Fsp3) is 0.375. The van der Waals surface area contributed by atoms with Crippen molar-refractivity contribution in [3.05, 3.63) is 47.0 Å². The molecule has 112 valence electrons. The molecule has 0 aliphatic heterocycles. The third-order valence-electron chi connectivity index (χ3n) is 2.67. The van der Waals surface area contributed by atoms with Gasteiger partial charge in [-0.2, -0.15) is 0 Å². The number of rotatable bonds is 4. The van der Waals surface area contributed by atoms with Gasteiger partial charge in [0.25, 0.3) is 0 Å². The van der Waals surface area contributed by atoms with Crippen LogP contribution in [0.5, 0.6) is 0 Å². The Balaban J connectivity index is 1.85. The molecule has 0 spiro atoms. The van der Waals surface area contributed by atoms with E-state index in [1.807, 2.05) is 44.4 Å². The first-order chi connectivity index (χ1) is 9.92. The van der Waals surface area contributed by atoms with E-state index in [2.05, 4.69) is 22.4 Å². The summed E-state index contributed by atoms with van der Waals surface area (Å²) in [6.07, 6.45) is 1.33. The van der Waals surface area contributed by atoms with Crippen molar-refractivity contribution in [2.24, 2.45) is 0 Å². The van der Waals surface area contributed by atoms with Gasteiger partial charge in [-0.25, -0.2) is 9.78 Å². The quantitative estimate of drug-likeness (QED) is 0.917. The molecule has 4 nitrogen and oxygen atoms in total. The molecule has 0 atom stereocenters. The average Bonchev–Trinajstić information content (AvgIpc) is 2.83. The number of carbonyl (C=O) groups is 1. The summed E-state index contributed by atoms with van der Waals surface area (Å²) in [6, 6.07) is 10.3. The van der Waals surface area contributed by atoms with Crippen molar-refractivity contribution in [2.75, 3.05) is 5.32 Å². The van der Waals surface area contributed by atoms with Crippen molar-refractivity contribution < 1.29 is 9.53 Å². The lowest BCUT2D eigenvalue weighted by molar-refractivity contribution is 0.0636. The summed E-state index contributed by atoms with van der Waals surface area (Å²) in [7, 11) is 0. The molecule has 1 aromatic carbocycles. The lowest BCUT2D eigenvalue weighted by atomic mass is 10.1. The summed E-state index contributed by atoms with van der Waals surface area (Å²) in [5.41, 5.74) is 1.76. The second kappa shape index (κ2) is 6.72. The highest BCUT2D eigenvalue weighted by atomic mass is 32.1. The molecule has 0 saturated heterocycles. The van der Waals surface area contributed by atoms with Crippen LogP contribution in [0.3, 0.4) is 0 Å². The molecule has 0 radical (unpaired) electrons. The fourth-order valence-corrected chi connectivity index (χ4v) is 2.52. The highest BCUT2D eigenvalue weighted by Gasteiger charge is 2.17. The molecule has 5 heteroatoms. The molecule has 2 rings (SSSR count). The van der Waals surface area contributed by atoms with Gasteiger partial charge in [0.1, 0.15) is 5.60 Å². The molecule has 0 aliphatic carbocycles. The van der Waals surface area contributed by atoms with Crippen molar-refractivity contribution in [2.45, 2.75) is 39.2 Å². The third-order valence-corrected chi connectivity index (χ3v) is 3.48. The van der Waals surface area contributed by atoms with E-state index in [1.165, 1.54) is 16.9 Å². The number of aromatic nitrogens is 1. The molecule has 1 amide bonds. The fourth-order valence-electron chi connectivity index (χ4n) is 1.79. The van der Waals surface area contributed by atoms with Crippen LogP contribution in [0.15, 0.2) is 35.7 Å². The van der Waals surface area contributed by atoms with Crippen LogP contribution in [0, 0.1) is 0 Å². The first-order valence-corrected chi connectivity index (χ1v) is 7.79. The number of benzene rings is 1. The summed E-state index contributed by atoms with van der Waals surface area (Å²) in [6.45, 7) is 5.50. The van der Waals surface area contributed by atoms with Crippen LogP contribution in [0.4, 0.5) is 9.93 Å². The third kappa shape index (κ3) is 5.55. The van der Waals surface area contributed by atoms with E-state index in [1.54, 1.807) is 0 Å². The van der Waals surface area contributed by atoms with Gasteiger partial charge in [-0.15, -0.1) is 11.3 Å². The number of aryl methyl sites for hydroxylation is 2. The number of thiazole rings is 1. The molecule has 21 heavy (non-hydrogen) atoms.